The summed E-state index contributed by atoms with van der Waals surface area (Å²) in [7, 11) is -3.25. The Balaban J connectivity index is 1.22. The van der Waals surface area contributed by atoms with Crippen LogP contribution >= 0.6 is 0 Å². The lowest BCUT2D eigenvalue weighted by molar-refractivity contribution is 0.102. The number of rotatable bonds is 7. The van der Waals surface area contributed by atoms with Crippen molar-refractivity contribution in [2.24, 2.45) is 0 Å². The zero-order valence-electron chi connectivity index (χ0n) is 22.8. The topological polar surface area (TPSA) is 127 Å². The first-order chi connectivity index (χ1) is 20.8. The number of fused-ring (bicyclic) bond motifs is 1. The van der Waals surface area contributed by atoms with Crippen LogP contribution in [0.15, 0.2) is 67.3 Å². The molecule has 1 amide bonds. The lowest BCUT2D eigenvalue weighted by atomic mass is 10.0. The van der Waals surface area contributed by atoms with Crippen LogP contribution in [-0.4, -0.2) is 66.1 Å². The number of nitrogens with zero attached hydrogens (tertiary/aromatic N) is 7. The van der Waals surface area contributed by atoms with Gasteiger partial charge >= 0.3 is 0 Å². The Morgan fingerprint density at radius 2 is 1.72 bits per heavy atom. The number of anilines is 1. The normalized spacial score (nSPS) is 16.5. The molecule has 1 saturated heterocycles. The second-order valence-corrected chi connectivity index (χ2v) is 12.9. The second-order valence-electron chi connectivity index (χ2n) is 10.7. The van der Waals surface area contributed by atoms with Crippen molar-refractivity contribution in [1.82, 2.24) is 33.4 Å². The number of benzene rings is 1. The van der Waals surface area contributed by atoms with Crippen molar-refractivity contribution in [1.29, 1.82) is 0 Å². The Morgan fingerprint density at radius 3 is 2.44 bits per heavy atom. The van der Waals surface area contributed by atoms with Gasteiger partial charge in [-0.15, -0.1) is 0 Å². The number of amides is 1. The molecule has 5 aromatic rings. The van der Waals surface area contributed by atoms with Crippen molar-refractivity contribution in [2.75, 3.05) is 18.4 Å². The van der Waals surface area contributed by atoms with Gasteiger partial charge in [0.15, 0.2) is 11.5 Å². The minimum atomic E-state index is -3.25. The lowest BCUT2D eigenvalue weighted by Crippen LogP contribution is -2.40. The van der Waals surface area contributed by atoms with Crippen LogP contribution < -0.4 is 5.32 Å². The predicted octanol–water partition coefficient (Wildman–Crippen LogP) is 4.31. The van der Waals surface area contributed by atoms with E-state index in [1.165, 1.54) is 28.9 Å². The fourth-order valence-electron chi connectivity index (χ4n) is 5.46. The van der Waals surface area contributed by atoms with Crippen LogP contribution in [-0.2, 0) is 10.0 Å². The van der Waals surface area contributed by atoms with Crippen LogP contribution in [0.5, 0.6) is 0 Å². The molecule has 1 saturated carbocycles. The highest BCUT2D eigenvalue weighted by Crippen LogP contribution is 2.38. The summed E-state index contributed by atoms with van der Waals surface area (Å²) >= 11 is 0. The van der Waals surface area contributed by atoms with Gasteiger partial charge in [0.05, 0.1) is 29.2 Å². The molecule has 1 aliphatic carbocycles. The highest BCUT2D eigenvalue weighted by atomic mass is 32.2. The summed E-state index contributed by atoms with van der Waals surface area (Å²) in [6.45, 7) is 0.844. The Bertz CT molecular complexity index is 1950. The summed E-state index contributed by atoms with van der Waals surface area (Å²) in [5.74, 6) is -1.45. The van der Waals surface area contributed by atoms with Gasteiger partial charge in [0.2, 0.25) is 16.0 Å². The van der Waals surface area contributed by atoms with E-state index in [0.29, 0.717) is 54.2 Å². The molecule has 1 aromatic carbocycles. The Kier molecular flexibility index (Phi) is 6.73. The molecule has 11 nitrogen and oxygen atoms in total. The maximum atomic E-state index is 13.8. The summed E-state index contributed by atoms with van der Waals surface area (Å²) in [5, 5.41) is 7.17. The van der Waals surface area contributed by atoms with E-state index in [9.17, 15) is 22.0 Å². The molecule has 0 bridgehead atoms. The first kappa shape index (κ1) is 27.3. The number of nitrogens with one attached hydrogen (secondary N) is 1. The number of pyridine rings is 1. The monoisotopic (exact) mass is 604 g/mol. The fourth-order valence-corrected chi connectivity index (χ4v) is 7.34. The highest BCUT2D eigenvalue weighted by molar-refractivity contribution is 7.90. The van der Waals surface area contributed by atoms with Gasteiger partial charge in [-0.2, -0.15) is 9.49 Å². The number of piperidine rings is 1. The zero-order valence-corrected chi connectivity index (χ0v) is 23.6. The van der Waals surface area contributed by atoms with Crippen molar-refractivity contribution in [3.05, 3.63) is 84.6 Å². The molecule has 2 aliphatic rings. The molecular formula is C29H26F2N8O3S. The Labute approximate surface area is 245 Å². The standard InChI is InChI=1S/C29H26F2N8O3S/c30-20-3-1-18(2-4-20)27-28(38(17-33-27)21-10-13-37(14-11-21)43(41,42)22-5-6-22)23-7-8-26-34-25(16-39(26)36-23)35-29(40)19-9-12-32-24(31)15-19/h1-4,7-9,12,15-17,21-22H,5-6,10-11,13-14H2,(H,35,40). The van der Waals surface area contributed by atoms with Gasteiger partial charge < -0.3 is 9.88 Å². The number of aromatic nitrogens is 6. The maximum Gasteiger partial charge on any atom is 0.257 e. The third kappa shape index (κ3) is 5.27. The summed E-state index contributed by atoms with van der Waals surface area (Å²) in [6.07, 6.45) is 7.15. The summed E-state index contributed by atoms with van der Waals surface area (Å²) < 4.78 is 58.0. The van der Waals surface area contributed by atoms with E-state index in [-0.39, 0.29) is 28.5 Å². The van der Waals surface area contributed by atoms with Crippen molar-refractivity contribution >= 4 is 27.4 Å². The van der Waals surface area contributed by atoms with E-state index in [0.717, 1.165) is 18.9 Å². The van der Waals surface area contributed by atoms with Crippen LogP contribution in [0.25, 0.3) is 28.3 Å². The Morgan fingerprint density at radius 1 is 0.953 bits per heavy atom. The molecule has 1 aliphatic heterocycles. The smallest absolute Gasteiger partial charge is 0.257 e. The molecule has 0 unspecified atom stereocenters. The average molecular weight is 605 g/mol. The van der Waals surface area contributed by atoms with E-state index in [1.807, 2.05) is 4.57 Å². The van der Waals surface area contributed by atoms with E-state index >= 15 is 0 Å². The largest absolute Gasteiger partial charge is 0.326 e. The van der Waals surface area contributed by atoms with Crippen molar-refractivity contribution in [2.45, 2.75) is 37.0 Å². The number of sulfonamides is 1. The number of carbonyl (C=O) groups is 1. The molecular weight excluding hydrogens is 578 g/mol. The van der Waals surface area contributed by atoms with Gasteiger partial charge in [-0.3, -0.25) is 4.79 Å². The molecule has 5 heterocycles. The van der Waals surface area contributed by atoms with E-state index in [1.54, 1.807) is 41.1 Å². The first-order valence-corrected chi connectivity index (χ1v) is 15.4. The van der Waals surface area contributed by atoms with Gasteiger partial charge in [-0.05, 0) is 68.1 Å². The SMILES string of the molecule is O=C(Nc1cn2nc(-c3c(-c4ccc(F)cc4)ncn3C3CCN(S(=O)(=O)C4CC4)CC3)ccc2n1)c1ccnc(F)c1. The molecule has 0 radical (unpaired) electrons. The van der Waals surface area contributed by atoms with E-state index in [4.69, 9.17) is 10.1 Å². The van der Waals surface area contributed by atoms with Crippen molar-refractivity contribution in [3.8, 4) is 22.6 Å². The van der Waals surface area contributed by atoms with Gasteiger partial charge in [-0.25, -0.2) is 36.6 Å². The van der Waals surface area contributed by atoms with Crippen molar-refractivity contribution in [3.63, 3.8) is 0 Å². The zero-order chi connectivity index (χ0) is 29.7. The minimum Gasteiger partial charge on any atom is -0.326 e. The van der Waals surface area contributed by atoms with Crippen molar-refractivity contribution < 1.29 is 22.0 Å². The molecule has 4 aromatic heterocycles. The molecule has 0 atom stereocenters. The minimum absolute atomic E-state index is 0.0294. The van der Waals surface area contributed by atoms with Crippen LogP contribution in [0, 0.1) is 11.8 Å². The molecule has 43 heavy (non-hydrogen) atoms. The summed E-state index contributed by atoms with van der Waals surface area (Å²) in [5.41, 5.74) is 3.13. The third-order valence-electron chi connectivity index (χ3n) is 7.83. The fraction of sp³-hybridized carbons (Fsp3) is 0.276. The summed E-state index contributed by atoms with van der Waals surface area (Å²) in [4.78, 5) is 25.2. The molecule has 2 fully saturated rings. The number of imidazole rings is 2. The maximum absolute atomic E-state index is 13.8. The number of hydrogen-bond donors (Lipinski definition) is 1. The molecule has 0 spiro atoms. The number of carbonyl (C=O) groups excluding carboxylic acids is 1. The van der Waals surface area contributed by atoms with Crippen LogP contribution in [0.1, 0.15) is 42.1 Å². The van der Waals surface area contributed by atoms with Crippen LogP contribution in [0.2, 0.25) is 0 Å². The average Bonchev–Trinajstić information content (AvgIpc) is 3.67. The summed E-state index contributed by atoms with van der Waals surface area (Å²) in [6, 6.07) is 12.0. The molecule has 220 valence electrons. The van der Waals surface area contributed by atoms with Gasteiger partial charge in [0.25, 0.3) is 5.91 Å². The first-order valence-electron chi connectivity index (χ1n) is 13.9. The molecule has 1 N–H and O–H groups in total. The molecule has 14 heteroatoms. The van der Waals surface area contributed by atoms with Gasteiger partial charge in [-0.1, -0.05) is 0 Å². The Hall–Kier alpha value is -4.56. The van der Waals surface area contributed by atoms with Crippen LogP contribution in [0.4, 0.5) is 14.6 Å². The van der Waals surface area contributed by atoms with Gasteiger partial charge in [0.1, 0.15) is 11.5 Å². The van der Waals surface area contributed by atoms with Crippen LogP contribution in [0.3, 0.4) is 0 Å². The second kappa shape index (κ2) is 10.6. The lowest BCUT2D eigenvalue weighted by Gasteiger charge is -2.32. The molecule has 7 rings (SSSR count). The van der Waals surface area contributed by atoms with E-state index in [2.05, 4.69) is 15.3 Å². The highest BCUT2D eigenvalue weighted by Gasteiger charge is 2.41. The predicted molar refractivity (Wildman–Crippen MR) is 154 cm³/mol. The number of hydrogen-bond acceptors (Lipinski definition) is 7. The quantitative estimate of drug-likeness (QED) is 0.274. The number of halogens is 2. The van der Waals surface area contributed by atoms with Gasteiger partial charge in [0, 0.05) is 42.5 Å². The van der Waals surface area contributed by atoms with E-state index < -0.39 is 21.9 Å². The third-order valence-corrected chi connectivity index (χ3v) is 10.2.